The van der Waals surface area contributed by atoms with E-state index in [1.807, 2.05) is 100 Å². The van der Waals surface area contributed by atoms with Crippen molar-refractivity contribution >= 4 is 29.7 Å². The molecule has 2 aliphatic rings. The van der Waals surface area contributed by atoms with Crippen LogP contribution in [0.15, 0.2) is 138 Å². The fourth-order valence-electron chi connectivity index (χ4n) is 7.04. The van der Waals surface area contributed by atoms with Crippen molar-refractivity contribution < 1.29 is 47.5 Å². The largest absolute Gasteiger partial charge is 0.452 e. The van der Waals surface area contributed by atoms with Gasteiger partial charge in [-0.1, -0.05) is 113 Å². The fourth-order valence-corrected chi connectivity index (χ4v) is 8.16. The molecule has 0 amide bonds. The van der Waals surface area contributed by atoms with E-state index in [1.54, 1.807) is 60.7 Å². The van der Waals surface area contributed by atoms with Crippen LogP contribution in [-0.2, 0) is 39.8 Å². The van der Waals surface area contributed by atoms with E-state index in [4.69, 9.17) is 33.2 Å². The van der Waals surface area contributed by atoms with Gasteiger partial charge in [0, 0.05) is 11.3 Å². The van der Waals surface area contributed by atoms with Gasteiger partial charge in [0.2, 0.25) is 0 Å². The predicted molar refractivity (Wildman–Crippen MR) is 227 cm³/mol. The first kappa shape index (κ1) is 42.8. The lowest BCUT2D eigenvalue weighted by molar-refractivity contribution is -0.256. The zero-order valence-corrected chi connectivity index (χ0v) is 35.0. The molecule has 2 aliphatic heterocycles. The standard InChI is InChI=1S/C49H50O10S/c1-31-15-21-36(22-16-31)46(50)57-43-41(30-54-42-28-27-40(34(4)55-42)53-29-35-11-7-5-8-12-35)56-49(60-39-13-9-6-10-14-39)45(59-48(52)38-25-19-33(3)20-26-38)44(43)58-47(51)37-23-17-32(2)18-24-37/h5-26,34,40-45,49H,27-30H2,1-4H3/t34-,40+,41+,42+,43+,44-,45+,49-/m0/s1. The molecule has 5 aromatic rings. The van der Waals surface area contributed by atoms with Gasteiger partial charge in [-0.15, -0.1) is 0 Å². The molecule has 0 aromatic heterocycles. The van der Waals surface area contributed by atoms with Gasteiger partial charge in [-0.05, 0) is 88.2 Å². The summed E-state index contributed by atoms with van der Waals surface area (Å²) in [5.41, 5.74) is 3.86. The average molecular weight is 831 g/mol. The number of hydrogen-bond donors (Lipinski definition) is 0. The van der Waals surface area contributed by atoms with Crippen LogP contribution in [-0.4, -0.2) is 72.9 Å². The molecular weight excluding hydrogens is 781 g/mol. The van der Waals surface area contributed by atoms with Crippen LogP contribution in [0.3, 0.4) is 0 Å². The first-order valence-electron chi connectivity index (χ1n) is 20.2. The van der Waals surface area contributed by atoms with Crippen molar-refractivity contribution in [1.82, 2.24) is 0 Å². The van der Waals surface area contributed by atoms with Crippen LogP contribution in [0.25, 0.3) is 0 Å². The van der Waals surface area contributed by atoms with Crippen LogP contribution in [0.1, 0.15) is 73.1 Å². The normalized spacial score (nSPS) is 23.9. The van der Waals surface area contributed by atoms with Gasteiger partial charge in [-0.3, -0.25) is 0 Å². The van der Waals surface area contributed by atoms with Crippen LogP contribution < -0.4 is 0 Å². The highest BCUT2D eigenvalue weighted by Crippen LogP contribution is 2.39. The molecule has 60 heavy (non-hydrogen) atoms. The number of carbonyl (C=O) groups excluding carboxylic acids is 3. The van der Waals surface area contributed by atoms with Crippen molar-refractivity contribution in [3.05, 3.63) is 172 Å². The van der Waals surface area contributed by atoms with Crippen molar-refractivity contribution in [3.63, 3.8) is 0 Å². The van der Waals surface area contributed by atoms with E-state index in [1.165, 1.54) is 11.8 Å². The summed E-state index contributed by atoms with van der Waals surface area (Å²) in [4.78, 5) is 42.8. The molecule has 0 bridgehead atoms. The molecule has 8 atom stereocenters. The third kappa shape index (κ3) is 11.3. The van der Waals surface area contributed by atoms with E-state index in [-0.39, 0.29) is 29.9 Å². The minimum Gasteiger partial charge on any atom is -0.452 e. The van der Waals surface area contributed by atoms with E-state index in [0.717, 1.165) is 27.1 Å². The molecule has 0 aliphatic carbocycles. The minimum atomic E-state index is -1.34. The zero-order valence-electron chi connectivity index (χ0n) is 34.1. The number of rotatable bonds is 14. The molecule has 2 saturated heterocycles. The Balaban J connectivity index is 1.20. The number of aryl methyl sites for hydroxylation is 3. The van der Waals surface area contributed by atoms with Gasteiger partial charge in [-0.2, -0.15) is 0 Å². The molecule has 11 heteroatoms. The Morgan fingerprint density at radius 1 is 0.567 bits per heavy atom. The maximum atomic E-state index is 14.1. The Bertz CT molecular complexity index is 2160. The highest BCUT2D eigenvalue weighted by Gasteiger charge is 2.53. The summed E-state index contributed by atoms with van der Waals surface area (Å²) >= 11 is 1.29. The molecule has 0 spiro atoms. The molecule has 0 saturated carbocycles. The van der Waals surface area contributed by atoms with E-state index in [0.29, 0.717) is 25.0 Å². The Hall–Kier alpha value is -5.30. The smallest absolute Gasteiger partial charge is 0.338 e. The number of thioether (sulfide) groups is 1. The van der Waals surface area contributed by atoms with Gasteiger partial charge < -0.3 is 33.2 Å². The lowest BCUT2D eigenvalue weighted by Gasteiger charge is -2.45. The highest BCUT2D eigenvalue weighted by molar-refractivity contribution is 7.99. The maximum absolute atomic E-state index is 14.1. The zero-order chi connectivity index (χ0) is 42.0. The van der Waals surface area contributed by atoms with E-state index < -0.39 is 54.0 Å². The fraction of sp³-hybridized carbons (Fsp3) is 0.327. The van der Waals surface area contributed by atoms with E-state index in [9.17, 15) is 14.4 Å². The second-order valence-corrected chi connectivity index (χ2v) is 16.4. The molecule has 0 radical (unpaired) electrons. The van der Waals surface area contributed by atoms with Gasteiger partial charge in [-0.25, -0.2) is 14.4 Å². The van der Waals surface area contributed by atoms with Gasteiger partial charge >= 0.3 is 17.9 Å². The van der Waals surface area contributed by atoms with Crippen LogP contribution in [0, 0.1) is 20.8 Å². The van der Waals surface area contributed by atoms with Crippen molar-refractivity contribution in [2.75, 3.05) is 6.61 Å². The summed E-state index contributed by atoms with van der Waals surface area (Å²) in [5.74, 6) is -2.03. The Labute approximate surface area is 355 Å². The van der Waals surface area contributed by atoms with E-state index >= 15 is 0 Å². The summed E-state index contributed by atoms with van der Waals surface area (Å²) in [7, 11) is 0. The molecule has 10 nitrogen and oxygen atoms in total. The van der Waals surface area contributed by atoms with Crippen LogP contribution in [0.4, 0.5) is 0 Å². The molecule has 0 N–H and O–H groups in total. The number of ether oxygens (including phenoxy) is 7. The molecule has 5 aromatic carbocycles. The lowest BCUT2D eigenvalue weighted by Crippen LogP contribution is -2.62. The minimum absolute atomic E-state index is 0.109. The maximum Gasteiger partial charge on any atom is 0.338 e. The van der Waals surface area contributed by atoms with Crippen LogP contribution in [0.5, 0.6) is 0 Å². The third-order valence-corrected chi connectivity index (χ3v) is 11.7. The van der Waals surface area contributed by atoms with Gasteiger partial charge in [0.25, 0.3) is 0 Å². The van der Waals surface area contributed by atoms with Gasteiger partial charge in [0.05, 0.1) is 42.1 Å². The van der Waals surface area contributed by atoms with Crippen molar-refractivity contribution in [2.45, 2.75) is 100 Å². The number of carbonyl (C=O) groups is 3. The Morgan fingerprint density at radius 3 is 1.57 bits per heavy atom. The quantitative estimate of drug-likeness (QED) is 0.0788. The van der Waals surface area contributed by atoms with Crippen molar-refractivity contribution in [1.29, 1.82) is 0 Å². The SMILES string of the molecule is Cc1ccc(C(=O)O[C@@H]2[C@@H](OC(=O)c3ccc(C)cc3)[C@H](Sc3ccccc3)O[C@H](CO[C@H]3CC[C@@H](OCc4ccccc4)[C@H](C)O3)[C@H]2OC(=O)c2ccc(C)cc2)cc1. The molecular formula is C49H50O10S. The third-order valence-electron chi connectivity index (χ3n) is 10.5. The second-order valence-electron chi connectivity index (χ2n) is 15.2. The lowest BCUT2D eigenvalue weighted by atomic mass is 9.98. The first-order chi connectivity index (χ1) is 29.1. The molecule has 2 heterocycles. The topological polar surface area (TPSA) is 116 Å². The summed E-state index contributed by atoms with van der Waals surface area (Å²) < 4.78 is 44.7. The number of hydrogen-bond acceptors (Lipinski definition) is 11. The van der Waals surface area contributed by atoms with E-state index in [2.05, 4.69) is 0 Å². The Kier molecular flexibility index (Phi) is 14.5. The Morgan fingerprint density at radius 2 is 1.05 bits per heavy atom. The van der Waals surface area contributed by atoms with Gasteiger partial charge in [0.15, 0.2) is 24.6 Å². The molecule has 7 rings (SSSR count). The summed E-state index contributed by atoms with van der Waals surface area (Å²) in [6.45, 7) is 8.06. The monoisotopic (exact) mass is 830 g/mol. The average Bonchev–Trinajstić information content (AvgIpc) is 3.26. The van der Waals surface area contributed by atoms with Crippen LogP contribution >= 0.6 is 11.8 Å². The second kappa shape index (κ2) is 20.3. The molecule has 312 valence electrons. The summed E-state index contributed by atoms with van der Waals surface area (Å²) in [6, 6.07) is 40.3. The van der Waals surface area contributed by atoms with Crippen molar-refractivity contribution in [3.8, 4) is 0 Å². The van der Waals surface area contributed by atoms with Gasteiger partial charge in [0.1, 0.15) is 11.5 Å². The number of esters is 3. The first-order valence-corrected chi connectivity index (χ1v) is 21.1. The van der Waals surface area contributed by atoms with Crippen molar-refractivity contribution in [2.24, 2.45) is 0 Å². The molecule has 0 unspecified atom stereocenters. The molecule has 2 fully saturated rings. The number of benzene rings is 5. The summed E-state index contributed by atoms with van der Waals surface area (Å²) in [5, 5.41) is 0. The summed E-state index contributed by atoms with van der Waals surface area (Å²) in [6.07, 6.45) is -4.70. The highest BCUT2D eigenvalue weighted by atomic mass is 32.2. The predicted octanol–water partition coefficient (Wildman–Crippen LogP) is 9.23. The van der Waals surface area contributed by atoms with Crippen LogP contribution in [0.2, 0.25) is 0 Å².